The number of nitrogens with one attached hydrogen (secondary N) is 1. The first-order valence-corrected chi connectivity index (χ1v) is 10.4. The SMILES string of the molecule is O=S(=O)(c1cc(-c2nc3cc(F)c(F)cc3[nH]2)c(Cl)cc1Cl)N1CCOCC1. The zero-order valence-corrected chi connectivity index (χ0v) is 16.5. The highest BCUT2D eigenvalue weighted by Gasteiger charge is 2.29. The molecule has 1 aliphatic rings. The molecule has 0 atom stereocenters. The third-order valence-corrected chi connectivity index (χ3v) is 7.06. The summed E-state index contributed by atoms with van der Waals surface area (Å²) in [6.07, 6.45) is 0. The van der Waals surface area contributed by atoms with E-state index in [0.717, 1.165) is 12.1 Å². The topological polar surface area (TPSA) is 75.3 Å². The average Bonchev–Trinajstić information content (AvgIpc) is 3.05. The van der Waals surface area contributed by atoms with Gasteiger partial charge in [0.25, 0.3) is 0 Å². The molecule has 148 valence electrons. The second kappa shape index (κ2) is 7.23. The summed E-state index contributed by atoms with van der Waals surface area (Å²) in [6, 6.07) is 4.52. The minimum atomic E-state index is -3.88. The standard InChI is InChI=1S/C17H13Cl2F2N3O3S/c18-10-6-11(19)16(28(25,26)24-1-3-27-4-2-24)5-9(10)17-22-14-7-12(20)13(21)8-15(14)23-17/h5-8H,1-4H2,(H,22,23). The fourth-order valence-corrected chi connectivity index (χ4v) is 5.21. The number of morpholine rings is 1. The summed E-state index contributed by atoms with van der Waals surface area (Å²) >= 11 is 12.4. The maximum absolute atomic E-state index is 13.5. The third kappa shape index (κ3) is 3.37. The van der Waals surface area contributed by atoms with Gasteiger partial charge in [0.15, 0.2) is 11.6 Å². The number of aromatic nitrogens is 2. The van der Waals surface area contributed by atoms with Gasteiger partial charge in [0.1, 0.15) is 10.7 Å². The van der Waals surface area contributed by atoms with Crippen molar-refractivity contribution in [1.82, 2.24) is 14.3 Å². The molecule has 0 unspecified atom stereocenters. The van der Waals surface area contributed by atoms with E-state index in [1.807, 2.05) is 0 Å². The predicted molar refractivity (Wildman–Crippen MR) is 101 cm³/mol. The number of imidazole rings is 1. The largest absolute Gasteiger partial charge is 0.379 e. The molecule has 28 heavy (non-hydrogen) atoms. The number of sulfonamides is 1. The van der Waals surface area contributed by atoms with Crippen molar-refractivity contribution in [2.24, 2.45) is 0 Å². The Balaban J connectivity index is 1.84. The molecule has 1 aliphatic heterocycles. The molecule has 1 aromatic heterocycles. The Bertz CT molecular complexity index is 1140. The van der Waals surface area contributed by atoms with E-state index >= 15 is 0 Å². The van der Waals surface area contributed by atoms with E-state index in [9.17, 15) is 17.2 Å². The summed E-state index contributed by atoms with van der Waals surface area (Å²) in [7, 11) is -3.88. The molecule has 0 amide bonds. The van der Waals surface area contributed by atoms with Crippen LogP contribution in [-0.4, -0.2) is 49.0 Å². The number of aromatic amines is 1. The van der Waals surface area contributed by atoms with Crippen LogP contribution in [0.15, 0.2) is 29.2 Å². The molecule has 11 heteroatoms. The maximum atomic E-state index is 13.5. The molecule has 1 saturated heterocycles. The number of fused-ring (bicyclic) bond motifs is 1. The number of rotatable bonds is 3. The number of halogens is 4. The predicted octanol–water partition coefficient (Wildman–Crippen LogP) is 3.84. The van der Waals surface area contributed by atoms with Crippen molar-refractivity contribution in [3.63, 3.8) is 0 Å². The number of nitrogens with zero attached hydrogens (tertiary/aromatic N) is 2. The van der Waals surface area contributed by atoms with Gasteiger partial charge in [-0.15, -0.1) is 0 Å². The maximum Gasteiger partial charge on any atom is 0.244 e. The van der Waals surface area contributed by atoms with Crippen LogP contribution >= 0.6 is 23.2 Å². The summed E-state index contributed by atoms with van der Waals surface area (Å²) in [5.74, 6) is -1.90. The van der Waals surface area contributed by atoms with E-state index in [4.69, 9.17) is 27.9 Å². The van der Waals surface area contributed by atoms with Gasteiger partial charge in [-0.25, -0.2) is 22.2 Å². The van der Waals surface area contributed by atoms with Gasteiger partial charge >= 0.3 is 0 Å². The zero-order chi connectivity index (χ0) is 20.1. The Kier molecular flexibility index (Phi) is 5.05. The van der Waals surface area contributed by atoms with Crippen molar-refractivity contribution in [2.75, 3.05) is 26.3 Å². The van der Waals surface area contributed by atoms with Crippen LogP contribution in [0, 0.1) is 11.6 Å². The molecule has 4 rings (SSSR count). The smallest absolute Gasteiger partial charge is 0.244 e. The molecule has 1 fully saturated rings. The van der Waals surface area contributed by atoms with Crippen LogP contribution in [0.25, 0.3) is 22.4 Å². The fourth-order valence-electron chi connectivity index (χ4n) is 2.97. The van der Waals surface area contributed by atoms with E-state index in [-0.39, 0.29) is 63.7 Å². The molecular weight excluding hydrogens is 435 g/mol. The first-order valence-electron chi connectivity index (χ1n) is 8.19. The highest BCUT2D eigenvalue weighted by Crippen LogP contribution is 2.36. The van der Waals surface area contributed by atoms with E-state index in [1.54, 1.807) is 0 Å². The van der Waals surface area contributed by atoms with Crippen LogP contribution in [-0.2, 0) is 14.8 Å². The Morgan fingerprint density at radius 1 is 1.04 bits per heavy atom. The second-order valence-electron chi connectivity index (χ2n) is 6.15. The van der Waals surface area contributed by atoms with E-state index < -0.39 is 21.7 Å². The van der Waals surface area contributed by atoms with Crippen molar-refractivity contribution < 1.29 is 21.9 Å². The van der Waals surface area contributed by atoms with Crippen LogP contribution < -0.4 is 0 Å². The summed E-state index contributed by atoms with van der Waals surface area (Å²) in [5.41, 5.74) is 0.671. The summed E-state index contributed by atoms with van der Waals surface area (Å²) in [4.78, 5) is 6.89. The molecule has 2 heterocycles. The molecule has 0 radical (unpaired) electrons. The van der Waals surface area contributed by atoms with Gasteiger partial charge < -0.3 is 9.72 Å². The molecule has 0 saturated carbocycles. The molecular formula is C17H13Cl2F2N3O3S. The molecule has 0 bridgehead atoms. The average molecular weight is 448 g/mol. The van der Waals surface area contributed by atoms with E-state index in [0.29, 0.717) is 0 Å². The first kappa shape index (κ1) is 19.5. The highest BCUT2D eigenvalue weighted by atomic mass is 35.5. The molecule has 1 N–H and O–H groups in total. The lowest BCUT2D eigenvalue weighted by atomic mass is 10.2. The van der Waals surface area contributed by atoms with Crippen molar-refractivity contribution in [1.29, 1.82) is 0 Å². The highest BCUT2D eigenvalue weighted by molar-refractivity contribution is 7.89. The molecule has 6 nitrogen and oxygen atoms in total. The minimum Gasteiger partial charge on any atom is -0.379 e. The van der Waals surface area contributed by atoms with Crippen LogP contribution in [0.4, 0.5) is 8.78 Å². The summed E-state index contributed by atoms with van der Waals surface area (Å²) < 4.78 is 59.3. The van der Waals surface area contributed by atoms with Crippen LogP contribution in [0.5, 0.6) is 0 Å². The number of hydrogen-bond acceptors (Lipinski definition) is 4. The Labute approximate surface area is 169 Å². The number of benzene rings is 2. The Hall–Kier alpha value is -1.78. The van der Waals surface area contributed by atoms with Crippen molar-refractivity contribution in [3.8, 4) is 11.4 Å². The number of hydrogen-bond donors (Lipinski definition) is 1. The second-order valence-corrected chi connectivity index (χ2v) is 8.87. The third-order valence-electron chi connectivity index (χ3n) is 4.39. The van der Waals surface area contributed by atoms with Crippen LogP contribution in [0.2, 0.25) is 10.0 Å². The number of H-pyrrole nitrogens is 1. The fraction of sp³-hybridized carbons (Fsp3) is 0.235. The molecule has 0 spiro atoms. The van der Waals surface area contributed by atoms with Gasteiger partial charge in [0, 0.05) is 30.8 Å². The zero-order valence-electron chi connectivity index (χ0n) is 14.2. The lowest BCUT2D eigenvalue weighted by Gasteiger charge is -2.26. The first-order chi connectivity index (χ1) is 13.3. The van der Waals surface area contributed by atoms with Crippen molar-refractivity contribution >= 4 is 44.3 Å². The van der Waals surface area contributed by atoms with E-state index in [2.05, 4.69) is 9.97 Å². The van der Waals surface area contributed by atoms with Crippen molar-refractivity contribution in [2.45, 2.75) is 4.90 Å². The van der Waals surface area contributed by atoms with Gasteiger partial charge in [0.05, 0.1) is 34.3 Å². The summed E-state index contributed by atoms with van der Waals surface area (Å²) in [6.45, 7) is 0.996. The van der Waals surface area contributed by atoms with Gasteiger partial charge in [0.2, 0.25) is 10.0 Å². The van der Waals surface area contributed by atoms with Crippen LogP contribution in [0.3, 0.4) is 0 Å². The van der Waals surface area contributed by atoms with Gasteiger partial charge in [-0.3, -0.25) is 0 Å². The van der Waals surface area contributed by atoms with Crippen LogP contribution in [0.1, 0.15) is 0 Å². The van der Waals surface area contributed by atoms with Gasteiger partial charge in [-0.2, -0.15) is 4.31 Å². The number of ether oxygens (including phenoxy) is 1. The van der Waals surface area contributed by atoms with Gasteiger partial charge in [-0.05, 0) is 12.1 Å². The van der Waals surface area contributed by atoms with Crippen molar-refractivity contribution in [3.05, 3.63) is 45.9 Å². The quantitative estimate of drug-likeness (QED) is 0.661. The van der Waals surface area contributed by atoms with E-state index in [1.165, 1.54) is 16.4 Å². The molecule has 0 aliphatic carbocycles. The summed E-state index contributed by atoms with van der Waals surface area (Å²) in [5, 5.41) is 0.111. The molecule has 3 aromatic rings. The lowest BCUT2D eigenvalue weighted by molar-refractivity contribution is 0.0730. The lowest BCUT2D eigenvalue weighted by Crippen LogP contribution is -2.40. The Morgan fingerprint density at radius 3 is 2.43 bits per heavy atom. The molecule has 2 aromatic carbocycles. The monoisotopic (exact) mass is 447 g/mol. The minimum absolute atomic E-state index is 0.0339. The normalized spacial score (nSPS) is 16.0. The Morgan fingerprint density at radius 2 is 1.71 bits per heavy atom. The van der Waals surface area contributed by atoms with Gasteiger partial charge in [-0.1, -0.05) is 23.2 Å².